The molecule has 6 heteroatoms. The van der Waals surface area contributed by atoms with Crippen molar-refractivity contribution in [1.29, 1.82) is 0 Å². The zero-order valence-electron chi connectivity index (χ0n) is 15.6. The fourth-order valence-electron chi connectivity index (χ4n) is 3.74. The van der Waals surface area contributed by atoms with Crippen molar-refractivity contribution in [3.05, 3.63) is 71.5 Å². The summed E-state index contributed by atoms with van der Waals surface area (Å²) in [4.78, 5) is 2.46. The SMILES string of the molecule is CC1CCN([C@H](c2ccc(O)cc2)c2nnnn2Cc2ccccc2)CC1. The van der Waals surface area contributed by atoms with E-state index in [1.54, 1.807) is 12.1 Å². The second kappa shape index (κ2) is 7.88. The molecule has 2 aromatic carbocycles. The van der Waals surface area contributed by atoms with Crippen LogP contribution in [0.15, 0.2) is 54.6 Å². The number of aromatic hydroxyl groups is 1. The van der Waals surface area contributed by atoms with Crippen LogP contribution in [0.25, 0.3) is 0 Å². The van der Waals surface area contributed by atoms with Crippen molar-refractivity contribution in [2.45, 2.75) is 32.4 Å². The van der Waals surface area contributed by atoms with Gasteiger partial charge in [0.2, 0.25) is 0 Å². The number of phenolic OH excluding ortho intramolecular Hbond substituents is 1. The highest BCUT2D eigenvalue weighted by molar-refractivity contribution is 5.31. The van der Waals surface area contributed by atoms with Crippen LogP contribution in [0.4, 0.5) is 0 Å². The molecule has 27 heavy (non-hydrogen) atoms. The smallest absolute Gasteiger partial charge is 0.173 e. The van der Waals surface area contributed by atoms with Crippen molar-refractivity contribution in [3.63, 3.8) is 0 Å². The van der Waals surface area contributed by atoms with E-state index in [1.165, 1.54) is 18.4 Å². The van der Waals surface area contributed by atoms with Crippen LogP contribution < -0.4 is 0 Å². The Labute approximate surface area is 159 Å². The number of nitrogens with zero attached hydrogens (tertiary/aromatic N) is 5. The van der Waals surface area contributed by atoms with Gasteiger partial charge in [0.1, 0.15) is 5.75 Å². The lowest BCUT2D eigenvalue weighted by atomic mass is 9.95. The Balaban J connectivity index is 1.69. The van der Waals surface area contributed by atoms with Gasteiger partial charge in [-0.3, -0.25) is 4.90 Å². The summed E-state index contributed by atoms with van der Waals surface area (Å²) < 4.78 is 1.89. The molecular formula is C21H25N5O. The van der Waals surface area contributed by atoms with E-state index >= 15 is 0 Å². The Morgan fingerprint density at radius 2 is 1.74 bits per heavy atom. The molecule has 0 aliphatic carbocycles. The molecule has 1 aliphatic heterocycles. The van der Waals surface area contributed by atoms with E-state index in [-0.39, 0.29) is 11.8 Å². The summed E-state index contributed by atoms with van der Waals surface area (Å²) >= 11 is 0. The summed E-state index contributed by atoms with van der Waals surface area (Å²) in [5.41, 5.74) is 2.27. The van der Waals surface area contributed by atoms with Gasteiger partial charge in [0.25, 0.3) is 0 Å². The number of hydrogen-bond donors (Lipinski definition) is 1. The first-order chi connectivity index (χ1) is 13.2. The molecule has 3 aromatic rings. The van der Waals surface area contributed by atoms with Crippen molar-refractivity contribution in [3.8, 4) is 5.75 Å². The summed E-state index contributed by atoms with van der Waals surface area (Å²) in [5.74, 6) is 1.87. The van der Waals surface area contributed by atoms with Crippen molar-refractivity contribution >= 4 is 0 Å². The predicted octanol–water partition coefficient (Wildman–Crippen LogP) is 3.25. The van der Waals surface area contributed by atoms with Gasteiger partial charge >= 0.3 is 0 Å². The Morgan fingerprint density at radius 1 is 1.04 bits per heavy atom. The van der Waals surface area contributed by atoms with Gasteiger partial charge in [-0.15, -0.1) is 5.10 Å². The maximum atomic E-state index is 9.70. The monoisotopic (exact) mass is 363 g/mol. The van der Waals surface area contributed by atoms with Crippen LogP contribution in [0.1, 0.15) is 42.8 Å². The Morgan fingerprint density at radius 3 is 2.44 bits per heavy atom. The number of benzene rings is 2. The lowest BCUT2D eigenvalue weighted by Gasteiger charge is -2.36. The van der Waals surface area contributed by atoms with Gasteiger partial charge in [0, 0.05) is 0 Å². The first-order valence-electron chi connectivity index (χ1n) is 9.53. The first kappa shape index (κ1) is 17.7. The molecule has 4 rings (SSSR count). The lowest BCUT2D eigenvalue weighted by Crippen LogP contribution is -2.38. The molecular weight excluding hydrogens is 338 g/mol. The van der Waals surface area contributed by atoms with Crippen molar-refractivity contribution in [2.75, 3.05) is 13.1 Å². The average Bonchev–Trinajstić information content (AvgIpc) is 3.13. The number of likely N-dealkylation sites (tertiary alicyclic amines) is 1. The zero-order valence-corrected chi connectivity index (χ0v) is 15.6. The molecule has 140 valence electrons. The third kappa shape index (κ3) is 4.01. The average molecular weight is 363 g/mol. The van der Waals surface area contributed by atoms with E-state index in [0.717, 1.165) is 30.4 Å². The second-order valence-electron chi connectivity index (χ2n) is 7.39. The number of aromatic nitrogens is 4. The number of hydrogen-bond acceptors (Lipinski definition) is 5. The fraction of sp³-hybridized carbons (Fsp3) is 0.381. The molecule has 1 atom stereocenters. The zero-order chi connectivity index (χ0) is 18.6. The fourth-order valence-corrected chi connectivity index (χ4v) is 3.74. The van der Waals surface area contributed by atoms with Crippen molar-refractivity contribution in [1.82, 2.24) is 25.1 Å². The third-order valence-corrected chi connectivity index (χ3v) is 5.37. The van der Waals surface area contributed by atoms with Crippen LogP contribution in [0.5, 0.6) is 5.75 Å². The number of rotatable bonds is 5. The summed E-state index contributed by atoms with van der Waals surface area (Å²) in [6.45, 7) is 4.99. The molecule has 0 unspecified atom stereocenters. The first-order valence-corrected chi connectivity index (χ1v) is 9.53. The predicted molar refractivity (Wildman–Crippen MR) is 103 cm³/mol. The van der Waals surface area contributed by atoms with Gasteiger partial charge in [-0.2, -0.15) is 0 Å². The molecule has 1 saturated heterocycles. The van der Waals surface area contributed by atoms with Gasteiger partial charge < -0.3 is 5.11 Å². The van der Waals surface area contributed by atoms with E-state index in [9.17, 15) is 5.11 Å². The van der Waals surface area contributed by atoms with E-state index in [0.29, 0.717) is 6.54 Å². The minimum Gasteiger partial charge on any atom is -0.508 e. The standard InChI is InChI=1S/C21H25N5O/c1-16-11-13-25(14-12-16)20(18-7-9-19(27)10-8-18)21-22-23-24-26(21)15-17-5-3-2-4-6-17/h2-10,16,20,27H,11-15H2,1H3/t20-/m1/s1. The van der Waals surface area contributed by atoms with Gasteiger partial charge in [-0.05, 0) is 65.5 Å². The molecule has 2 heterocycles. The summed E-state index contributed by atoms with van der Waals surface area (Å²) in [5, 5.41) is 22.4. The molecule has 1 aromatic heterocycles. The molecule has 0 amide bonds. The minimum absolute atomic E-state index is 0.0168. The molecule has 0 bridgehead atoms. The highest BCUT2D eigenvalue weighted by atomic mass is 16.3. The molecule has 6 nitrogen and oxygen atoms in total. The Bertz CT molecular complexity index is 854. The van der Waals surface area contributed by atoms with Crippen LogP contribution in [-0.4, -0.2) is 43.3 Å². The Kier molecular flexibility index (Phi) is 5.16. The maximum Gasteiger partial charge on any atom is 0.173 e. The van der Waals surface area contributed by atoms with Crippen molar-refractivity contribution in [2.24, 2.45) is 5.92 Å². The van der Waals surface area contributed by atoms with Gasteiger partial charge in [0.05, 0.1) is 12.6 Å². The largest absolute Gasteiger partial charge is 0.508 e. The molecule has 0 radical (unpaired) electrons. The summed E-state index contributed by atoms with van der Waals surface area (Å²) in [6.07, 6.45) is 2.35. The molecule has 1 aliphatic rings. The van der Waals surface area contributed by atoms with E-state index in [1.807, 2.05) is 35.0 Å². The van der Waals surface area contributed by atoms with Crippen LogP contribution in [0.3, 0.4) is 0 Å². The van der Waals surface area contributed by atoms with Gasteiger partial charge in [0.15, 0.2) is 5.82 Å². The van der Waals surface area contributed by atoms with Gasteiger partial charge in [-0.1, -0.05) is 49.4 Å². The Hall–Kier alpha value is -2.73. The van der Waals surface area contributed by atoms with E-state index in [2.05, 4.69) is 39.5 Å². The summed E-state index contributed by atoms with van der Waals surface area (Å²) in [7, 11) is 0. The van der Waals surface area contributed by atoms with Crippen LogP contribution in [0, 0.1) is 5.92 Å². The van der Waals surface area contributed by atoms with Gasteiger partial charge in [-0.25, -0.2) is 4.68 Å². The normalized spacial score (nSPS) is 17.1. The van der Waals surface area contributed by atoms with E-state index in [4.69, 9.17) is 0 Å². The minimum atomic E-state index is -0.0168. The number of piperidine rings is 1. The van der Waals surface area contributed by atoms with Crippen LogP contribution >= 0.6 is 0 Å². The number of tetrazole rings is 1. The molecule has 1 fully saturated rings. The van der Waals surface area contributed by atoms with Crippen LogP contribution in [0.2, 0.25) is 0 Å². The molecule has 0 saturated carbocycles. The van der Waals surface area contributed by atoms with E-state index < -0.39 is 0 Å². The quantitative estimate of drug-likeness (QED) is 0.754. The molecule has 1 N–H and O–H groups in total. The molecule has 0 spiro atoms. The topological polar surface area (TPSA) is 67.1 Å². The highest BCUT2D eigenvalue weighted by Gasteiger charge is 2.30. The van der Waals surface area contributed by atoms with Crippen LogP contribution in [-0.2, 0) is 6.54 Å². The third-order valence-electron chi connectivity index (χ3n) is 5.37. The number of phenols is 1. The summed E-state index contributed by atoms with van der Waals surface area (Å²) in [6, 6.07) is 17.6. The lowest BCUT2D eigenvalue weighted by molar-refractivity contribution is 0.150. The maximum absolute atomic E-state index is 9.70. The van der Waals surface area contributed by atoms with Crippen molar-refractivity contribution < 1.29 is 5.11 Å². The second-order valence-corrected chi connectivity index (χ2v) is 7.39. The highest BCUT2D eigenvalue weighted by Crippen LogP contribution is 2.32.